The minimum absolute atomic E-state index is 0.227. The van der Waals surface area contributed by atoms with E-state index in [4.69, 9.17) is 4.74 Å². The number of rotatable bonds is 4. The summed E-state index contributed by atoms with van der Waals surface area (Å²) >= 11 is 0. The highest BCUT2D eigenvalue weighted by molar-refractivity contribution is 5.89. The van der Waals surface area contributed by atoms with Crippen molar-refractivity contribution in [2.24, 2.45) is 0 Å². The van der Waals surface area contributed by atoms with E-state index in [0.29, 0.717) is 6.42 Å². The number of unbranched alkanes of at least 4 members (excludes halogenated alkanes) is 1. The van der Waals surface area contributed by atoms with Gasteiger partial charge in [0.1, 0.15) is 11.6 Å². The Morgan fingerprint density at radius 2 is 2.13 bits per heavy atom. The number of benzene rings is 1. The first kappa shape index (κ1) is 11.6. The normalized spacial score (nSPS) is 10.1. The number of hydrogen-bond donors (Lipinski definition) is 0. The highest BCUT2D eigenvalue weighted by Crippen LogP contribution is 2.11. The molecule has 2 nitrogen and oxygen atoms in total. The summed E-state index contributed by atoms with van der Waals surface area (Å²) in [4.78, 5) is 11.3. The molecule has 0 heterocycles. The average molecular weight is 214 g/mol. The van der Waals surface area contributed by atoms with E-state index in [2.05, 4.69) is 0 Å². The van der Waals surface area contributed by atoms with Gasteiger partial charge >= 0.3 is 5.97 Å². The molecule has 0 unspecified atom stereocenters. The fourth-order valence-electron chi connectivity index (χ4n) is 1.04. The topological polar surface area (TPSA) is 26.3 Å². The third kappa shape index (κ3) is 3.31. The van der Waals surface area contributed by atoms with Crippen LogP contribution in [0.5, 0.6) is 0 Å². The Morgan fingerprint density at radius 1 is 1.40 bits per heavy atom. The Morgan fingerprint density at radius 3 is 2.80 bits per heavy atom. The van der Waals surface area contributed by atoms with E-state index in [9.17, 15) is 13.6 Å². The lowest BCUT2D eigenvalue weighted by Crippen LogP contribution is -2.08. The van der Waals surface area contributed by atoms with E-state index in [1.165, 1.54) is 0 Å². The molecule has 82 valence electrons. The van der Waals surface area contributed by atoms with Crippen LogP contribution in [0.4, 0.5) is 8.78 Å². The minimum atomic E-state index is -0.819. The van der Waals surface area contributed by atoms with Gasteiger partial charge in [0.25, 0.3) is 0 Å². The quantitative estimate of drug-likeness (QED) is 0.569. The number of carbonyl (C=O) groups is 1. The van der Waals surface area contributed by atoms with Crippen molar-refractivity contribution < 1.29 is 18.3 Å². The molecule has 15 heavy (non-hydrogen) atoms. The third-order valence-electron chi connectivity index (χ3n) is 1.88. The third-order valence-corrected chi connectivity index (χ3v) is 1.88. The molecule has 0 aliphatic heterocycles. The maximum atomic E-state index is 13.1. The van der Waals surface area contributed by atoms with Gasteiger partial charge in [0.2, 0.25) is 0 Å². The predicted molar refractivity (Wildman–Crippen MR) is 51.5 cm³/mol. The second-order valence-corrected chi connectivity index (χ2v) is 3.11. The molecule has 1 aromatic carbocycles. The second kappa shape index (κ2) is 5.44. The summed E-state index contributed by atoms with van der Waals surface area (Å²) in [6.45, 7) is 2.17. The van der Waals surface area contributed by atoms with Crippen LogP contribution in [-0.2, 0) is 4.74 Å². The number of hydrogen-bond acceptors (Lipinski definition) is 2. The smallest absolute Gasteiger partial charge is 0.341 e. The van der Waals surface area contributed by atoms with Gasteiger partial charge in [-0.1, -0.05) is 13.3 Å². The molecule has 0 aliphatic carbocycles. The largest absolute Gasteiger partial charge is 0.462 e. The lowest BCUT2D eigenvalue weighted by atomic mass is 10.2. The molecule has 0 aromatic heterocycles. The lowest BCUT2D eigenvalue weighted by Gasteiger charge is -2.04. The molecule has 0 radical (unpaired) electrons. The van der Waals surface area contributed by atoms with E-state index < -0.39 is 17.6 Å². The van der Waals surface area contributed by atoms with E-state index in [-0.39, 0.29) is 12.2 Å². The summed E-state index contributed by atoms with van der Waals surface area (Å²) in [5, 5.41) is 0. The maximum absolute atomic E-state index is 13.1. The Balaban J connectivity index is 2.68. The fraction of sp³-hybridized carbons (Fsp3) is 0.364. The van der Waals surface area contributed by atoms with Crippen molar-refractivity contribution in [2.75, 3.05) is 6.61 Å². The molecule has 1 rings (SSSR count). The van der Waals surface area contributed by atoms with Crippen LogP contribution in [0, 0.1) is 11.6 Å². The summed E-state index contributed by atoms with van der Waals surface area (Å²) < 4.78 is 30.5. The van der Waals surface area contributed by atoms with Gasteiger partial charge in [0.15, 0.2) is 0 Å². The molecule has 0 N–H and O–H groups in total. The monoisotopic (exact) mass is 214 g/mol. The van der Waals surface area contributed by atoms with Crippen molar-refractivity contribution in [2.45, 2.75) is 19.8 Å². The first-order valence-corrected chi connectivity index (χ1v) is 4.77. The van der Waals surface area contributed by atoms with Crippen LogP contribution in [0.1, 0.15) is 30.1 Å². The minimum Gasteiger partial charge on any atom is -0.462 e. The van der Waals surface area contributed by atoms with Crippen molar-refractivity contribution in [3.05, 3.63) is 35.4 Å². The van der Waals surface area contributed by atoms with Gasteiger partial charge in [-0.15, -0.1) is 0 Å². The lowest BCUT2D eigenvalue weighted by molar-refractivity contribution is 0.0494. The van der Waals surface area contributed by atoms with Gasteiger partial charge in [-0.25, -0.2) is 13.6 Å². The fourth-order valence-corrected chi connectivity index (χ4v) is 1.04. The van der Waals surface area contributed by atoms with Crippen LogP contribution >= 0.6 is 0 Å². The Labute approximate surface area is 86.9 Å². The van der Waals surface area contributed by atoms with Gasteiger partial charge in [0, 0.05) is 0 Å². The van der Waals surface area contributed by atoms with Gasteiger partial charge in [-0.2, -0.15) is 0 Å². The molecule has 0 saturated heterocycles. The number of ether oxygens (including phenoxy) is 1. The standard InChI is InChI=1S/C11H12F2O2/c1-2-3-6-15-11(14)9-7-8(12)4-5-10(9)13/h4-5,7H,2-3,6H2,1H3. The van der Waals surface area contributed by atoms with Gasteiger partial charge < -0.3 is 4.74 Å². The number of esters is 1. The number of halogens is 2. The van der Waals surface area contributed by atoms with E-state index in [1.807, 2.05) is 6.92 Å². The van der Waals surface area contributed by atoms with Crippen LogP contribution in [-0.4, -0.2) is 12.6 Å². The van der Waals surface area contributed by atoms with Gasteiger partial charge in [-0.05, 0) is 24.6 Å². The van der Waals surface area contributed by atoms with Crippen LogP contribution in [0.15, 0.2) is 18.2 Å². The first-order chi connectivity index (χ1) is 7.15. The van der Waals surface area contributed by atoms with Crippen LogP contribution < -0.4 is 0 Å². The van der Waals surface area contributed by atoms with Crippen molar-refractivity contribution in [1.29, 1.82) is 0 Å². The van der Waals surface area contributed by atoms with Crippen molar-refractivity contribution >= 4 is 5.97 Å². The summed E-state index contributed by atoms with van der Waals surface area (Å²) in [6.07, 6.45) is 1.58. The summed E-state index contributed by atoms with van der Waals surface area (Å²) in [7, 11) is 0. The Hall–Kier alpha value is -1.45. The van der Waals surface area contributed by atoms with Gasteiger partial charge in [0.05, 0.1) is 12.2 Å². The molecule has 4 heteroatoms. The highest BCUT2D eigenvalue weighted by atomic mass is 19.1. The molecule has 1 aromatic rings. The van der Waals surface area contributed by atoms with Crippen LogP contribution in [0.25, 0.3) is 0 Å². The maximum Gasteiger partial charge on any atom is 0.341 e. The van der Waals surface area contributed by atoms with Crippen LogP contribution in [0.2, 0.25) is 0 Å². The van der Waals surface area contributed by atoms with Crippen molar-refractivity contribution in [1.82, 2.24) is 0 Å². The first-order valence-electron chi connectivity index (χ1n) is 4.77. The molecule has 0 aliphatic rings. The summed E-state index contributed by atoms with van der Waals surface area (Å²) in [5.74, 6) is -2.24. The zero-order valence-electron chi connectivity index (χ0n) is 8.43. The zero-order chi connectivity index (χ0) is 11.3. The SMILES string of the molecule is CCCCOC(=O)c1cc(F)ccc1F. The Kier molecular flexibility index (Phi) is 4.21. The molecule has 0 fully saturated rings. The molecule has 0 bridgehead atoms. The zero-order valence-corrected chi connectivity index (χ0v) is 8.43. The van der Waals surface area contributed by atoms with E-state index in [1.54, 1.807) is 0 Å². The molecule has 0 atom stereocenters. The van der Waals surface area contributed by atoms with E-state index >= 15 is 0 Å². The van der Waals surface area contributed by atoms with E-state index in [0.717, 1.165) is 24.6 Å². The second-order valence-electron chi connectivity index (χ2n) is 3.11. The van der Waals surface area contributed by atoms with Crippen molar-refractivity contribution in [3.63, 3.8) is 0 Å². The average Bonchev–Trinajstić information content (AvgIpc) is 2.22. The van der Waals surface area contributed by atoms with Crippen LogP contribution in [0.3, 0.4) is 0 Å². The predicted octanol–water partition coefficient (Wildman–Crippen LogP) is 2.92. The number of carbonyl (C=O) groups excluding carboxylic acids is 1. The highest BCUT2D eigenvalue weighted by Gasteiger charge is 2.13. The summed E-state index contributed by atoms with van der Waals surface area (Å²) in [5.41, 5.74) is -0.355. The molecule has 0 spiro atoms. The summed E-state index contributed by atoms with van der Waals surface area (Å²) in [6, 6.07) is 2.70. The molecule has 0 saturated carbocycles. The Bertz CT molecular complexity index is 350. The van der Waals surface area contributed by atoms with Crippen molar-refractivity contribution in [3.8, 4) is 0 Å². The molecule has 0 amide bonds. The van der Waals surface area contributed by atoms with Gasteiger partial charge in [-0.3, -0.25) is 0 Å². The molecular weight excluding hydrogens is 202 g/mol. The molecular formula is C11H12F2O2.